The van der Waals surface area contributed by atoms with E-state index < -0.39 is 6.04 Å². The topological polar surface area (TPSA) is 71.8 Å². The molecule has 31 heavy (non-hydrogen) atoms. The average molecular weight is 418 g/mol. The smallest absolute Gasteiger partial charge is 0.294 e. The molecule has 0 saturated heterocycles. The van der Waals surface area contributed by atoms with Gasteiger partial charge in [0.25, 0.3) is 5.91 Å². The van der Waals surface area contributed by atoms with Crippen LogP contribution >= 0.6 is 0 Å². The van der Waals surface area contributed by atoms with Gasteiger partial charge >= 0.3 is 0 Å². The lowest BCUT2D eigenvalue weighted by Crippen LogP contribution is -2.46. The number of furan rings is 1. The van der Waals surface area contributed by atoms with Crippen LogP contribution in [0.5, 0.6) is 5.75 Å². The fourth-order valence-corrected chi connectivity index (χ4v) is 4.05. The van der Waals surface area contributed by atoms with E-state index in [2.05, 4.69) is 5.32 Å². The molecule has 3 aromatic rings. The van der Waals surface area contributed by atoms with Gasteiger partial charge in [-0.2, -0.15) is 0 Å². The van der Waals surface area contributed by atoms with Crippen LogP contribution in [0.3, 0.4) is 0 Å². The minimum Gasteiger partial charge on any atom is -0.497 e. The SMILES string of the molecule is COc1ccc([C@H](C(=O)NC2CCCC2)N(C(=O)c2ccco2)c2ccccc2)cc1. The number of hydrogen-bond acceptors (Lipinski definition) is 4. The Labute approximate surface area is 181 Å². The van der Waals surface area contributed by atoms with Gasteiger partial charge in [-0.25, -0.2) is 0 Å². The summed E-state index contributed by atoms with van der Waals surface area (Å²) >= 11 is 0. The molecular formula is C25H26N2O4. The molecule has 6 heteroatoms. The maximum absolute atomic E-state index is 13.6. The van der Waals surface area contributed by atoms with Crippen LogP contribution in [-0.4, -0.2) is 25.0 Å². The van der Waals surface area contributed by atoms with Gasteiger partial charge in [0.1, 0.15) is 11.8 Å². The molecule has 4 rings (SSSR count). The molecule has 2 amide bonds. The highest BCUT2D eigenvalue weighted by atomic mass is 16.5. The van der Waals surface area contributed by atoms with Crippen LogP contribution in [0, 0.1) is 0 Å². The summed E-state index contributed by atoms with van der Waals surface area (Å²) < 4.78 is 10.7. The van der Waals surface area contributed by atoms with E-state index in [0.29, 0.717) is 17.0 Å². The quantitative estimate of drug-likeness (QED) is 0.602. The van der Waals surface area contributed by atoms with E-state index >= 15 is 0 Å². The first-order chi connectivity index (χ1) is 15.2. The van der Waals surface area contributed by atoms with Crippen molar-refractivity contribution in [1.29, 1.82) is 0 Å². The van der Waals surface area contributed by atoms with E-state index in [1.165, 1.54) is 11.2 Å². The second kappa shape index (κ2) is 9.51. The Morgan fingerprint density at radius 3 is 2.32 bits per heavy atom. The lowest BCUT2D eigenvalue weighted by atomic mass is 10.0. The van der Waals surface area contributed by atoms with Crippen molar-refractivity contribution in [3.8, 4) is 5.75 Å². The second-order valence-corrected chi connectivity index (χ2v) is 7.65. The molecule has 0 spiro atoms. The maximum Gasteiger partial charge on any atom is 0.294 e. The van der Waals surface area contributed by atoms with Crippen molar-refractivity contribution in [2.24, 2.45) is 0 Å². The zero-order valence-electron chi connectivity index (χ0n) is 17.5. The largest absolute Gasteiger partial charge is 0.497 e. The number of nitrogens with one attached hydrogen (secondary N) is 1. The highest BCUT2D eigenvalue weighted by molar-refractivity contribution is 6.08. The van der Waals surface area contributed by atoms with Crippen LogP contribution in [0.4, 0.5) is 5.69 Å². The van der Waals surface area contributed by atoms with Crippen molar-refractivity contribution in [1.82, 2.24) is 5.32 Å². The molecule has 1 aliphatic carbocycles. The maximum atomic E-state index is 13.6. The average Bonchev–Trinajstić information content (AvgIpc) is 3.52. The van der Waals surface area contributed by atoms with Gasteiger partial charge in [-0.3, -0.25) is 14.5 Å². The first-order valence-corrected chi connectivity index (χ1v) is 10.5. The fraction of sp³-hybridized carbons (Fsp3) is 0.280. The molecule has 160 valence electrons. The Morgan fingerprint density at radius 1 is 1.00 bits per heavy atom. The van der Waals surface area contributed by atoms with Gasteiger partial charge in [0, 0.05) is 11.7 Å². The number of para-hydroxylation sites is 1. The first-order valence-electron chi connectivity index (χ1n) is 10.5. The van der Waals surface area contributed by atoms with Crippen molar-refractivity contribution in [3.63, 3.8) is 0 Å². The van der Waals surface area contributed by atoms with Gasteiger partial charge in [-0.15, -0.1) is 0 Å². The number of benzene rings is 2. The van der Waals surface area contributed by atoms with Crippen molar-refractivity contribution in [2.45, 2.75) is 37.8 Å². The Hall–Kier alpha value is -3.54. The highest BCUT2D eigenvalue weighted by Crippen LogP contribution is 2.31. The number of anilines is 1. The summed E-state index contributed by atoms with van der Waals surface area (Å²) in [4.78, 5) is 28.6. The molecule has 0 radical (unpaired) electrons. The normalized spacial score (nSPS) is 14.7. The fourth-order valence-electron chi connectivity index (χ4n) is 4.05. The van der Waals surface area contributed by atoms with Gasteiger partial charge in [-0.05, 0) is 54.8 Å². The zero-order valence-corrected chi connectivity index (χ0v) is 17.5. The van der Waals surface area contributed by atoms with Gasteiger partial charge in [0.05, 0.1) is 13.4 Å². The predicted molar refractivity (Wildman–Crippen MR) is 118 cm³/mol. The Balaban J connectivity index is 1.78. The third-order valence-corrected chi connectivity index (χ3v) is 5.62. The summed E-state index contributed by atoms with van der Waals surface area (Å²) in [5.41, 5.74) is 1.31. The number of ether oxygens (including phenoxy) is 1. The van der Waals surface area contributed by atoms with E-state index in [9.17, 15) is 9.59 Å². The van der Waals surface area contributed by atoms with Gasteiger partial charge in [0.15, 0.2) is 5.76 Å². The summed E-state index contributed by atoms with van der Waals surface area (Å²) in [6.45, 7) is 0. The molecule has 1 N–H and O–H groups in total. The van der Waals surface area contributed by atoms with Crippen molar-refractivity contribution >= 4 is 17.5 Å². The number of rotatable bonds is 7. The third kappa shape index (κ3) is 4.63. The number of carbonyl (C=O) groups is 2. The number of nitrogens with zero attached hydrogens (tertiary/aromatic N) is 1. The summed E-state index contributed by atoms with van der Waals surface area (Å²) in [5.74, 6) is 0.276. The molecule has 6 nitrogen and oxygen atoms in total. The van der Waals surface area contributed by atoms with E-state index in [0.717, 1.165) is 25.7 Å². The first kappa shape index (κ1) is 20.7. The number of methoxy groups -OCH3 is 1. The number of amides is 2. The highest BCUT2D eigenvalue weighted by Gasteiger charge is 2.35. The molecule has 2 aromatic carbocycles. The van der Waals surface area contributed by atoms with Gasteiger partial charge < -0.3 is 14.5 Å². The van der Waals surface area contributed by atoms with Crippen LogP contribution < -0.4 is 15.0 Å². The van der Waals surface area contributed by atoms with E-state index in [1.807, 2.05) is 42.5 Å². The van der Waals surface area contributed by atoms with Gasteiger partial charge in [-0.1, -0.05) is 43.2 Å². The number of carbonyl (C=O) groups excluding carboxylic acids is 2. The molecule has 0 unspecified atom stereocenters. The molecule has 1 atom stereocenters. The summed E-state index contributed by atoms with van der Waals surface area (Å²) in [7, 11) is 1.59. The van der Waals surface area contributed by atoms with Gasteiger partial charge in [0.2, 0.25) is 5.91 Å². The number of hydrogen-bond donors (Lipinski definition) is 1. The third-order valence-electron chi connectivity index (χ3n) is 5.62. The van der Waals surface area contributed by atoms with E-state index in [4.69, 9.17) is 9.15 Å². The summed E-state index contributed by atoms with van der Waals surface area (Å²) in [6, 6.07) is 19.0. The Morgan fingerprint density at radius 2 is 1.71 bits per heavy atom. The zero-order chi connectivity index (χ0) is 21.6. The molecule has 1 aliphatic rings. The monoisotopic (exact) mass is 418 g/mol. The molecule has 1 aromatic heterocycles. The summed E-state index contributed by atoms with van der Waals surface area (Å²) in [5, 5.41) is 3.16. The molecule has 0 bridgehead atoms. The Bertz CT molecular complexity index is 994. The predicted octanol–water partition coefficient (Wildman–Crippen LogP) is 4.74. The molecule has 1 fully saturated rings. The van der Waals surface area contributed by atoms with Crippen LogP contribution in [-0.2, 0) is 4.79 Å². The van der Waals surface area contributed by atoms with Crippen molar-refractivity contribution < 1.29 is 18.7 Å². The van der Waals surface area contributed by atoms with Crippen molar-refractivity contribution in [3.05, 3.63) is 84.3 Å². The van der Waals surface area contributed by atoms with Crippen molar-refractivity contribution in [2.75, 3.05) is 12.0 Å². The van der Waals surface area contributed by atoms with Crippen LogP contribution in [0.25, 0.3) is 0 Å². The van der Waals surface area contributed by atoms with E-state index in [1.54, 1.807) is 31.4 Å². The molecule has 1 saturated carbocycles. The molecular weight excluding hydrogens is 392 g/mol. The molecule has 1 heterocycles. The van der Waals surface area contributed by atoms with Crippen LogP contribution in [0.15, 0.2) is 77.4 Å². The minimum atomic E-state index is -0.855. The standard InChI is InChI=1S/C25H26N2O4/c1-30-21-15-13-18(14-16-21)23(24(28)26-19-8-5-6-9-19)27(20-10-3-2-4-11-20)25(29)22-12-7-17-31-22/h2-4,7,10-17,19,23H,5-6,8-9H2,1H3,(H,26,28)/t23-/m1/s1. The lowest BCUT2D eigenvalue weighted by Gasteiger charge is -2.31. The van der Waals surface area contributed by atoms with E-state index in [-0.39, 0.29) is 23.6 Å². The second-order valence-electron chi connectivity index (χ2n) is 7.65. The van der Waals surface area contributed by atoms with Crippen LogP contribution in [0.2, 0.25) is 0 Å². The van der Waals surface area contributed by atoms with Crippen LogP contribution in [0.1, 0.15) is 47.8 Å². The lowest BCUT2D eigenvalue weighted by molar-refractivity contribution is -0.123. The summed E-state index contributed by atoms with van der Waals surface area (Å²) in [6.07, 6.45) is 5.58. The molecule has 0 aliphatic heterocycles. The minimum absolute atomic E-state index is 0.129. The Kier molecular flexibility index (Phi) is 6.36.